The molecule has 0 saturated carbocycles. The second kappa shape index (κ2) is 10.1. The van der Waals surface area contributed by atoms with Gasteiger partial charge < -0.3 is 15.0 Å². The Bertz CT molecular complexity index is 561. The Morgan fingerprint density at radius 3 is 2.65 bits per heavy atom. The Morgan fingerprint density at radius 1 is 1.15 bits per heavy atom. The number of nitrogens with zero attached hydrogens (tertiary/aromatic N) is 2. The molecule has 2 aliphatic rings. The first-order valence-electron chi connectivity index (χ1n) is 9.74. The zero-order valence-electron chi connectivity index (χ0n) is 15.8. The van der Waals surface area contributed by atoms with Crippen LogP contribution < -0.4 is 10.1 Å². The first-order valence-corrected chi connectivity index (χ1v) is 10.9. The van der Waals surface area contributed by atoms with E-state index in [1.165, 1.54) is 29.9 Å². The number of urea groups is 1. The number of carbonyl (C=O) groups excluding carboxylic acids is 1. The number of carbonyl (C=O) groups is 1. The number of thioether (sulfide) groups is 1. The molecule has 26 heavy (non-hydrogen) atoms. The normalized spacial score (nSPS) is 19.8. The van der Waals surface area contributed by atoms with Crippen molar-refractivity contribution in [1.82, 2.24) is 15.1 Å². The van der Waals surface area contributed by atoms with E-state index in [0.29, 0.717) is 6.54 Å². The lowest BCUT2D eigenvalue weighted by molar-refractivity contribution is 0.181. The molecule has 0 spiro atoms. The molecule has 1 N–H and O–H groups in total. The van der Waals surface area contributed by atoms with Crippen LogP contribution in [0.3, 0.4) is 0 Å². The largest absolute Gasteiger partial charge is 0.497 e. The molecule has 0 aromatic heterocycles. The lowest BCUT2D eigenvalue weighted by Gasteiger charge is -2.33. The van der Waals surface area contributed by atoms with E-state index in [4.69, 9.17) is 4.74 Å². The van der Waals surface area contributed by atoms with Crippen molar-refractivity contribution in [2.24, 2.45) is 0 Å². The highest BCUT2D eigenvalue weighted by Gasteiger charge is 2.25. The fourth-order valence-electron chi connectivity index (χ4n) is 3.77. The van der Waals surface area contributed by atoms with Crippen molar-refractivity contribution in [1.29, 1.82) is 0 Å². The van der Waals surface area contributed by atoms with Crippen LogP contribution in [0.4, 0.5) is 4.79 Å². The predicted molar refractivity (Wildman–Crippen MR) is 108 cm³/mol. The lowest BCUT2D eigenvalue weighted by atomic mass is 10.1. The van der Waals surface area contributed by atoms with Crippen molar-refractivity contribution in [3.05, 3.63) is 29.8 Å². The molecular formula is C20H31N3O2S. The number of ether oxygens (including phenoxy) is 1. The van der Waals surface area contributed by atoms with Gasteiger partial charge >= 0.3 is 6.03 Å². The van der Waals surface area contributed by atoms with Gasteiger partial charge in [-0.05, 0) is 54.9 Å². The van der Waals surface area contributed by atoms with E-state index >= 15 is 0 Å². The molecule has 2 fully saturated rings. The third-order valence-electron chi connectivity index (χ3n) is 5.37. The van der Waals surface area contributed by atoms with E-state index in [1.54, 1.807) is 7.11 Å². The number of nitrogens with one attached hydrogen (secondary N) is 1. The summed E-state index contributed by atoms with van der Waals surface area (Å²) in [5, 5.41) is 3.09. The van der Waals surface area contributed by atoms with E-state index in [1.807, 2.05) is 17.0 Å². The quantitative estimate of drug-likeness (QED) is 0.857. The number of amides is 2. The maximum Gasteiger partial charge on any atom is 0.317 e. The molecule has 6 heteroatoms. The van der Waals surface area contributed by atoms with Gasteiger partial charge in [0.05, 0.1) is 7.11 Å². The van der Waals surface area contributed by atoms with Crippen molar-refractivity contribution >= 4 is 17.8 Å². The highest BCUT2D eigenvalue weighted by molar-refractivity contribution is 7.99. The zero-order chi connectivity index (χ0) is 18.2. The Balaban J connectivity index is 1.40. The minimum absolute atomic E-state index is 0.0829. The highest BCUT2D eigenvalue weighted by atomic mass is 32.2. The summed E-state index contributed by atoms with van der Waals surface area (Å²) in [4.78, 5) is 17.1. The van der Waals surface area contributed by atoms with Crippen LogP contribution in [0.25, 0.3) is 0 Å². The van der Waals surface area contributed by atoms with Gasteiger partial charge in [-0.15, -0.1) is 0 Å². The third kappa shape index (κ3) is 5.55. The molecule has 5 nitrogen and oxygen atoms in total. The number of rotatable bonds is 5. The SMILES string of the molecule is COc1ccc(CCNC(=O)N2CCCN(C3CCSCC3)CC2)cc1. The topological polar surface area (TPSA) is 44.8 Å². The lowest BCUT2D eigenvalue weighted by Crippen LogP contribution is -2.44. The second-order valence-electron chi connectivity index (χ2n) is 7.05. The summed E-state index contributed by atoms with van der Waals surface area (Å²) in [6.45, 7) is 4.53. The minimum Gasteiger partial charge on any atom is -0.497 e. The molecule has 2 heterocycles. The van der Waals surface area contributed by atoms with E-state index in [-0.39, 0.29) is 6.03 Å². The zero-order valence-corrected chi connectivity index (χ0v) is 16.6. The van der Waals surface area contributed by atoms with E-state index in [2.05, 4.69) is 34.1 Å². The van der Waals surface area contributed by atoms with E-state index in [0.717, 1.165) is 50.8 Å². The van der Waals surface area contributed by atoms with Gasteiger partial charge in [0.2, 0.25) is 0 Å². The molecular weight excluding hydrogens is 346 g/mol. The molecule has 2 amide bonds. The molecule has 0 atom stereocenters. The maximum absolute atomic E-state index is 12.5. The van der Waals surface area contributed by atoms with Gasteiger partial charge in [-0.2, -0.15) is 11.8 Å². The van der Waals surface area contributed by atoms with Gasteiger partial charge in [0.1, 0.15) is 5.75 Å². The Kier molecular flexibility index (Phi) is 7.50. The molecule has 0 bridgehead atoms. The molecule has 2 aliphatic heterocycles. The monoisotopic (exact) mass is 377 g/mol. The number of hydrogen-bond donors (Lipinski definition) is 1. The molecule has 0 radical (unpaired) electrons. The van der Waals surface area contributed by atoms with Gasteiger partial charge in [0.15, 0.2) is 0 Å². The number of methoxy groups -OCH3 is 1. The molecule has 0 aliphatic carbocycles. The van der Waals surface area contributed by atoms with Crippen molar-refractivity contribution in [2.45, 2.75) is 31.7 Å². The van der Waals surface area contributed by atoms with Crippen LogP contribution in [-0.4, -0.2) is 73.2 Å². The molecule has 0 unspecified atom stereocenters. The average Bonchev–Trinajstić information content (AvgIpc) is 2.95. The van der Waals surface area contributed by atoms with Crippen LogP contribution >= 0.6 is 11.8 Å². The highest BCUT2D eigenvalue weighted by Crippen LogP contribution is 2.22. The Hall–Kier alpha value is -1.40. The minimum atomic E-state index is 0.0829. The fraction of sp³-hybridized carbons (Fsp3) is 0.650. The summed E-state index contributed by atoms with van der Waals surface area (Å²) in [6.07, 6.45) is 4.53. The molecule has 1 aromatic rings. The van der Waals surface area contributed by atoms with Gasteiger partial charge in [-0.25, -0.2) is 4.79 Å². The first kappa shape index (κ1) is 19.4. The second-order valence-corrected chi connectivity index (χ2v) is 8.27. The Morgan fingerprint density at radius 2 is 1.92 bits per heavy atom. The smallest absolute Gasteiger partial charge is 0.317 e. The number of hydrogen-bond acceptors (Lipinski definition) is 4. The third-order valence-corrected chi connectivity index (χ3v) is 6.42. The Labute approximate surface area is 161 Å². The standard InChI is InChI=1S/C20H31N3O2S/c1-25-19-5-3-17(4-6-19)7-10-21-20(24)23-12-2-11-22(13-14-23)18-8-15-26-16-9-18/h3-6,18H,2,7-16H2,1H3,(H,21,24). The van der Waals surface area contributed by atoms with E-state index < -0.39 is 0 Å². The summed E-state index contributed by atoms with van der Waals surface area (Å²) < 4.78 is 5.17. The van der Waals surface area contributed by atoms with Crippen molar-refractivity contribution in [2.75, 3.05) is 51.3 Å². The molecule has 144 valence electrons. The van der Waals surface area contributed by atoms with Crippen LogP contribution in [0.15, 0.2) is 24.3 Å². The predicted octanol–water partition coefficient (Wildman–Crippen LogP) is 2.85. The summed E-state index contributed by atoms with van der Waals surface area (Å²) in [5.74, 6) is 3.44. The number of benzene rings is 1. The van der Waals surface area contributed by atoms with Crippen LogP contribution in [0.2, 0.25) is 0 Å². The van der Waals surface area contributed by atoms with Crippen molar-refractivity contribution < 1.29 is 9.53 Å². The van der Waals surface area contributed by atoms with Gasteiger partial charge in [-0.3, -0.25) is 4.90 Å². The van der Waals surface area contributed by atoms with Crippen molar-refractivity contribution in [3.8, 4) is 5.75 Å². The molecule has 1 aromatic carbocycles. The molecule has 3 rings (SSSR count). The summed E-state index contributed by atoms with van der Waals surface area (Å²) in [5.41, 5.74) is 1.21. The van der Waals surface area contributed by atoms with Crippen LogP contribution in [0, 0.1) is 0 Å². The van der Waals surface area contributed by atoms with Gasteiger partial charge in [0.25, 0.3) is 0 Å². The van der Waals surface area contributed by atoms with Crippen LogP contribution in [0.5, 0.6) is 5.75 Å². The first-order chi connectivity index (χ1) is 12.8. The fourth-order valence-corrected chi connectivity index (χ4v) is 4.86. The maximum atomic E-state index is 12.5. The average molecular weight is 378 g/mol. The summed E-state index contributed by atoms with van der Waals surface area (Å²) in [6, 6.07) is 8.84. The van der Waals surface area contributed by atoms with Crippen LogP contribution in [0.1, 0.15) is 24.8 Å². The summed E-state index contributed by atoms with van der Waals surface area (Å²) >= 11 is 2.07. The van der Waals surface area contributed by atoms with Gasteiger partial charge in [-0.1, -0.05) is 12.1 Å². The van der Waals surface area contributed by atoms with Gasteiger partial charge in [0, 0.05) is 38.8 Å². The molecule has 2 saturated heterocycles. The van der Waals surface area contributed by atoms with E-state index in [9.17, 15) is 4.79 Å². The summed E-state index contributed by atoms with van der Waals surface area (Å²) in [7, 11) is 1.67. The van der Waals surface area contributed by atoms with Crippen LogP contribution in [-0.2, 0) is 6.42 Å². The van der Waals surface area contributed by atoms with Crippen molar-refractivity contribution in [3.63, 3.8) is 0 Å².